The Bertz CT molecular complexity index is 792. The summed E-state index contributed by atoms with van der Waals surface area (Å²) in [4.78, 5) is 23.9. The van der Waals surface area contributed by atoms with E-state index in [0.29, 0.717) is 23.5 Å². The third-order valence-electron chi connectivity index (χ3n) is 4.88. The Hall–Kier alpha value is -2.83. The molecular formula is C21H27N3O4. The van der Waals surface area contributed by atoms with Gasteiger partial charge in [-0.2, -0.15) is 5.10 Å². The number of carbonyl (C=O) groups excluding carboxylic acids is 2. The monoisotopic (exact) mass is 385 g/mol. The summed E-state index contributed by atoms with van der Waals surface area (Å²) in [6.07, 6.45) is 6.15. The number of hydrogen-bond acceptors (Lipinski definition) is 5. The fraction of sp³-hybridized carbons (Fsp3) is 0.476. The molecule has 0 spiro atoms. The van der Waals surface area contributed by atoms with Crippen LogP contribution in [0.15, 0.2) is 36.5 Å². The molecule has 0 unspecified atom stereocenters. The zero-order valence-corrected chi connectivity index (χ0v) is 16.4. The molecule has 7 nitrogen and oxygen atoms in total. The van der Waals surface area contributed by atoms with Crippen LogP contribution in [-0.4, -0.2) is 34.9 Å². The van der Waals surface area contributed by atoms with Crippen LogP contribution >= 0.6 is 0 Å². The van der Waals surface area contributed by atoms with Crippen LogP contribution in [0.1, 0.15) is 57.1 Å². The Morgan fingerprint density at radius 3 is 2.54 bits per heavy atom. The zero-order valence-electron chi connectivity index (χ0n) is 16.4. The molecule has 1 saturated carbocycles. The Morgan fingerprint density at radius 1 is 1.14 bits per heavy atom. The van der Waals surface area contributed by atoms with Gasteiger partial charge in [-0.05, 0) is 36.5 Å². The summed E-state index contributed by atoms with van der Waals surface area (Å²) in [5.41, 5.74) is 1.20. The third-order valence-corrected chi connectivity index (χ3v) is 4.88. The summed E-state index contributed by atoms with van der Waals surface area (Å²) in [7, 11) is 0. The lowest BCUT2D eigenvalue weighted by atomic mass is 10.0. The SMILES string of the molecule is CC(C)c1ccc(OCC(=O)OCC(=O)Nc2ccnn2C2CCCC2)cc1. The molecule has 1 aliphatic carbocycles. The van der Waals surface area contributed by atoms with E-state index in [-0.39, 0.29) is 13.2 Å². The first kappa shape index (κ1) is 19.9. The number of esters is 1. The van der Waals surface area contributed by atoms with Gasteiger partial charge in [-0.15, -0.1) is 0 Å². The van der Waals surface area contributed by atoms with Crippen molar-refractivity contribution in [1.29, 1.82) is 0 Å². The highest BCUT2D eigenvalue weighted by atomic mass is 16.6. The zero-order chi connectivity index (χ0) is 19.9. The van der Waals surface area contributed by atoms with Crippen LogP contribution in [-0.2, 0) is 14.3 Å². The van der Waals surface area contributed by atoms with Crippen LogP contribution in [0.25, 0.3) is 0 Å². The first-order valence-electron chi connectivity index (χ1n) is 9.74. The van der Waals surface area contributed by atoms with Crippen molar-refractivity contribution in [2.24, 2.45) is 0 Å². The summed E-state index contributed by atoms with van der Waals surface area (Å²) < 4.78 is 12.2. The third kappa shape index (κ3) is 5.34. The van der Waals surface area contributed by atoms with Gasteiger partial charge in [-0.25, -0.2) is 9.48 Å². The lowest BCUT2D eigenvalue weighted by Gasteiger charge is -2.14. The standard InChI is InChI=1S/C21H27N3O4/c1-15(2)16-7-9-18(10-8-16)27-14-21(26)28-13-20(25)23-19-11-12-22-24(19)17-5-3-4-6-17/h7-12,15,17H,3-6,13-14H2,1-2H3,(H,23,25). The first-order chi connectivity index (χ1) is 13.5. The number of nitrogens with one attached hydrogen (secondary N) is 1. The molecule has 150 valence electrons. The number of amides is 1. The molecule has 0 saturated heterocycles. The van der Waals surface area contributed by atoms with Crippen molar-refractivity contribution in [2.45, 2.75) is 51.5 Å². The van der Waals surface area contributed by atoms with Crippen molar-refractivity contribution in [3.05, 3.63) is 42.1 Å². The average molecular weight is 385 g/mol. The molecule has 0 aliphatic heterocycles. The molecule has 1 fully saturated rings. The summed E-state index contributed by atoms with van der Waals surface area (Å²) in [5, 5.41) is 7.06. The lowest BCUT2D eigenvalue weighted by molar-refractivity contribution is -0.149. The van der Waals surface area contributed by atoms with Crippen LogP contribution in [0.5, 0.6) is 5.75 Å². The molecule has 1 aromatic carbocycles. The summed E-state index contributed by atoms with van der Waals surface area (Å²) >= 11 is 0. The second kappa shape index (κ2) is 9.39. The number of rotatable bonds is 8. The number of ether oxygens (including phenoxy) is 2. The van der Waals surface area contributed by atoms with Crippen LogP contribution in [0, 0.1) is 0 Å². The Labute approximate surface area is 165 Å². The topological polar surface area (TPSA) is 82.4 Å². The normalized spacial score (nSPS) is 14.2. The average Bonchev–Trinajstić information content (AvgIpc) is 3.36. The van der Waals surface area contributed by atoms with E-state index in [1.165, 1.54) is 18.4 Å². The minimum Gasteiger partial charge on any atom is -0.482 e. The minimum atomic E-state index is -0.590. The smallest absolute Gasteiger partial charge is 0.344 e. The predicted molar refractivity (Wildman–Crippen MR) is 105 cm³/mol. The highest BCUT2D eigenvalue weighted by Crippen LogP contribution is 2.31. The summed E-state index contributed by atoms with van der Waals surface area (Å²) in [5.74, 6) is 0.671. The van der Waals surface area contributed by atoms with Crippen LogP contribution < -0.4 is 10.1 Å². The van der Waals surface area contributed by atoms with E-state index in [1.54, 1.807) is 12.3 Å². The number of nitrogens with zero attached hydrogens (tertiary/aromatic N) is 2. The molecule has 7 heteroatoms. The number of carbonyl (C=O) groups is 2. The van der Waals surface area contributed by atoms with E-state index in [1.807, 2.05) is 28.9 Å². The number of anilines is 1. The van der Waals surface area contributed by atoms with Gasteiger partial charge in [0.2, 0.25) is 0 Å². The van der Waals surface area contributed by atoms with Crippen LogP contribution in [0.2, 0.25) is 0 Å². The Morgan fingerprint density at radius 2 is 1.86 bits per heavy atom. The highest BCUT2D eigenvalue weighted by molar-refractivity contribution is 5.92. The van der Waals surface area contributed by atoms with Gasteiger partial charge in [-0.1, -0.05) is 38.8 Å². The lowest BCUT2D eigenvalue weighted by Crippen LogP contribution is -2.25. The van der Waals surface area contributed by atoms with Crippen molar-refractivity contribution < 1.29 is 19.1 Å². The molecule has 1 aromatic heterocycles. The van der Waals surface area contributed by atoms with Gasteiger partial charge in [0.15, 0.2) is 13.2 Å². The summed E-state index contributed by atoms with van der Waals surface area (Å²) in [6.45, 7) is 3.62. The van der Waals surface area contributed by atoms with Gasteiger partial charge in [0.1, 0.15) is 11.6 Å². The van der Waals surface area contributed by atoms with E-state index in [9.17, 15) is 9.59 Å². The second-order valence-electron chi connectivity index (χ2n) is 7.32. The maximum atomic E-state index is 12.1. The van der Waals surface area contributed by atoms with Crippen LogP contribution in [0.3, 0.4) is 0 Å². The molecule has 1 aliphatic rings. The fourth-order valence-corrected chi connectivity index (χ4v) is 3.31. The first-order valence-corrected chi connectivity index (χ1v) is 9.74. The van der Waals surface area contributed by atoms with E-state index >= 15 is 0 Å². The number of aromatic nitrogens is 2. The van der Waals surface area contributed by atoms with Crippen molar-refractivity contribution in [3.63, 3.8) is 0 Å². The Balaban J connectivity index is 1.41. The van der Waals surface area contributed by atoms with Crippen molar-refractivity contribution in [3.8, 4) is 5.75 Å². The molecule has 0 radical (unpaired) electrons. The summed E-state index contributed by atoms with van der Waals surface area (Å²) in [6, 6.07) is 9.64. The van der Waals surface area contributed by atoms with E-state index in [2.05, 4.69) is 24.3 Å². The van der Waals surface area contributed by atoms with Gasteiger partial charge < -0.3 is 14.8 Å². The van der Waals surface area contributed by atoms with Gasteiger partial charge in [0.25, 0.3) is 5.91 Å². The van der Waals surface area contributed by atoms with Gasteiger partial charge in [-0.3, -0.25) is 4.79 Å². The molecule has 0 atom stereocenters. The molecule has 1 N–H and O–H groups in total. The van der Waals surface area contributed by atoms with Crippen LogP contribution in [0.4, 0.5) is 5.82 Å². The quantitative estimate of drug-likeness (QED) is 0.701. The fourth-order valence-electron chi connectivity index (χ4n) is 3.31. The number of hydrogen-bond donors (Lipinski definition) is 1. The molecule has 2 aromatic rings. The molecule has 28 heavy (non-hydrogen) atoms. The van der Waals surface area contributed by atoms with E-state index in [0.717, 1.165) is 12.8 Å². The predicted octanol–water partition coefficient (Wildman–Crippen LogP) is 3.68. The van der Waals surface area contributed by atoms with E-state index < -0.39 is 11.9 Å². The van der Waals surface area contributed by atoms with Gasteiger partial charge in [0, 0.05) is 6.07 Å². The molecule has 3 rings (SSSR count). The van der Waals surface area contributed by atoms with Crippen molar-refractivity contribution >= 4 is 17.7 Å². The van der Waals surface area contributed by atoms with Gasteiger partial charge >= 0.3 is 5.97 Å². The largest absolute Gasteiger partial charge is 0.482 e. The van der Waals surface area contributed by atoms with Crippen molar-refractivity contribution in [2.75, 3.05) is 18.5 Å². The Kier molecular flexibility index (Phi) is 6.68. The second-order valence-corrected chi connectivity index (χ2v) is 7.32. The van der Waals surface area contributed by atoms with Gasteiger partial charge in [0.05, 0.1) is 12.2 Å². The number of benzene rings is 1. The molecule has 1 amide bonds. The molecule has 0 bridgehead atoms. The van der Waals surface area contributed by atoms with Crippen molar-refractivity contribution in [1.82, 2.24) is 9.78 Å². The van der Waals surface area contributed by atoms with E-state index in [4.69, 9.17) is 9.47 Å². The maximum absolute atomic E-state index is 12.1. The molecular weight excluding hydrogens is 358 g/mol. The molecule has 1 heterocycles. The minimum absolute atomic E-state index is 0.242. The maximum Gasteiger partial charge on any atom is 0.344 e. The highest BCUT2D eigenvalue weighted by Gasteiger charge is 2.20.